The molecule has 2 rings (SSSR count). The topological polar surface area (TPSA) is 29.3 Å². The van der Waals surface area contributed by atoms with Crippen LogP contribution in [0.15, 0.2) is 10.5 Å². The van der Waals surface area contributed by atoms with E-state index in [4.69, 9.17) is 17.3 Å². The highest BCUT2D eigenvalue weighted by Crippen LogP contribution is 2.33. The molecule has 0 aliphatic carbocycles. The number of piperidine rings is 1. The van der Waals surface area contributed by atoms with Crippen molar-refractivity contribution >= 4 is 38.9 Å². The molecule has 0 atom stereocenters. The Hall–Kier alpha value is 0.390. The van der Waals surface area contributed by atoms with E-state index < -0.39 is 0 Å². The van der Waals surface area contributed by atoms with E-state index in [1.807, 2.05) is 0 Å². The summed E-state index contributed by atoms with van der Waals surface area (Å²) in [4.78, 5) is 3.86. The van der Waals surface area contributed by atoms with Gasteiger partial charge in [-0.3, -0.25) is 4.90 Å². The Labute approximate surface area is 120 Å². The van der Waals surface area contributed by atoms with Gasteiger partial charge < -0.3 is 5.73 Å². The van der Waals surface area contributed by atoms with Crippen molar-refractivity contribution in [3.05, 3.63) is 19.8 Å². The molecule has 1 aliphatic heterocycles. The van der Waals surface area contributed by atoms with Gasteiger partial charge in [0.1, 0.15) is 4.34 Å². The predicted molar refractivity (Wildman–Crippen MR) is 78.7 cm³/mol. The molecule has 96 valence electrons. The lowest BCUT2D eigenvalue weighted by molar-refractivity contribution is 0.175. The van der Waals surface area contributed by atoms with Gasteiger partial charge in [-0.15, -0.1) is 11.3 Å². The molecule has 2 N–H and O–H groups in total. The van der Waals surface area contributed by atoms with E-state index in [1.54, 1.807) is 11.3 Å². The quantitative estimate of drug-likeness (QED) is 0.907. The first-order chi connectivity index (χ1) is 8.19. The van der Waals surface area contributed by atoms with Crippen molar-refractivity contribution in [2.45, 2.75) is 25.8 Å². The third-order valence-corrected chi connectivity index (χ3v) is 5.82. The summed E-state index contributed by atoms with van der Waals surface area (Å²) in [6.07, 6.45) is 3.76. The van der Waals surface area contributed by atoms with Gasteiger partial charge in [0.25, 0.3) is 0 Å². The largest absolute Gasteiger partial charge is 0.330 e. The maximum atomic E-state index is 6.05. The van der Waals surface area contributed by atoms with Crippen molar-refractivity contribution in [2.75, 3.05) is 19.6 Å². The second-order valence-corrected chi connectivity index (χ2v) is 7.22. The minimum atomic E-state index is 0.831. The fourth-order valence-corrected chi connectivity index (χ4v) is 4.19. The summed E-state index contributed by atoms with van der Waals surface area (Å²) in [5.41, 5.74) is 5.61. The molecule has 0 radical (unpaired) electrons. The van der Waals surface area contributed by atoms with Gasteiger partial charge in [-0.25, -0.2) is 0 Å². The zero-order chi connectivity index (χ0) is 12.3. The summed E-state index contributed by atoms with van der Waals surface area (Å²) >= 11 is 11.2. The number of hydrogen-bond donors (Lipinski definition) is 1. The van der Waals surface area contributed by atoms with Gasteiger partial charge >= 0.3 is 0 Å². The molecule has 1 aromatic rings. The van der Waals surface area contributed by atoms with E-state index in [2.05, 4.69) is 26.9 Å². The number of nitrogens with zero attached hydrogens (tertiary/aromatic N) is 1. The van der Waals surface area contributed by atoms with Crippen LogP contribution in [-0.4, -0.2) is 24.5 Å². The lowest BCUT2D eigenvalue weighted by Crippen LogP contribution is -2.33. The van der Waals surface area contributed by atoms with Crippen LogP contribution in [0, 0.1) is 5.92 Å². The van der Waals surface area contributed by atoms with Crippen LogP contribution >= 0.6 is 38.9 Å². The van der Waals surface area contributed by atoms with Gasteiger partial charge in [-0.05, 0) is 66.8 Å². The van der Waals surface area contributed by atoms with E-state index in [0.717, 1.165) is 27.8 Å². The maximum absolute atomic E-state index is 6.05. The Morgan fingerprint density at radius 3 is 2.71 bits per heavy atom. The van der Waals surface area contributed by atoms with Crippen LogP contribution in [0.2, 0.25) is 4.34 Å². The predicted octanol–water partition coefficient (Wildman–Crippen LogP) is 3.72. The minimum Gasteiger partial charge on any atom is -0.330 e. The van der Waals surface area contributed by atoms with Crippen LogP contribution in [0.5, 0.6) is 0 Å². The molecule has 1 aliphatic rings. The summed E-state index contributed by atoms with van der Waals surface area (Å²) < 4.78 is 1.88. The summed E-state index contributed by atoms with van der Waals surface area (Å²) in [7, 11) is 0. The standard InChI is InChI=1S/C12H18BrClN2S/c13-11-7-10(17-12(11)14)8-16-5-2-9(1-4-15)3-6-16/h7,9H,1-6,8,15H2. The number of thiophene rings is 1. The van der Waals surface area contributed by atoms with Crippen LogP contribution in [-0.2, 0) is 6.54 Å². The zero-order valence-electron chi connectivity index (χ0n) is 9.79. The van der Waals surface area contributed by atoms with E-state index in [-0.39, 0.29) is 0 Å². The lowest BCUT2D eigenvalue weighted by atomic mass is 9.94. The fraction of sp³-hybridized carbons (Fsp3) is 0.667. The first-order valence-electron chi connectivity index (χ1n) is 6.05. The Morgan fingerprint density at radius 1 is 1.47 bits per heavy atom. The fourth-order valence-electron chi connectivity index (χ4n) is 2.36. The monoisotopic (exact) mass is 336 g/mol. The van der Waals surface area contributed by atoms with Crippen LogP contribution < -0.4 is 5.73 Å². The summed E-state index contributed by atoms with van der Waals surface area (Å²) in [6.45, 7) is 4.25. The van der Waals surface area contributed by atoms with E-state index in [1.165, 1.54) is 37.2 Å². The summed E-state index contributed by atoms with van der Waals surface area (Å²) in [6, 6.07) is 2.14. The molecular formula is C12H18BrClN2S. The molecule has 1 fully saturated rings. The van der Waals surface area contributed by atoms with E-state index >= 15 is 0 Å². The maximum Gasteiger partial charge on any atom is 0.107 e. The second-order valence-electron chi connectivity index (χ2n) is 4.63. The van der Waals surface area contributed by atoms with Gasteiger partial charge in [0.05, 0.1) is 0 Å². The molecule has 0 spiro atoms. The first-order valence-corrected chi connectivity index (χ1v) is 8.04. The lowest BCUT2D eigenvalue weighted by Gasteiger charge is -2.31. The van der Waals surface area contributed by atoms with Crippen molar-refractivity contribution in [1.29, 1.82) is 0 Å². The minimum absolute atomic E-state index is 0.831. The highest BCUT2D eigenvalue weighted by atomic mass is 79.9. The highest BCUT2D eigenvalue weighted by Gasteiger charge is 2.19. The third-order valence-electron chi connectivity index (χ3n) is 3.36. The average Bonchev–Trinajstić information content (AvgIpc) is 2.61. The van der Waals surface area contributed by atoms with Crippen LogP contribution in [0.25, 0.3) is 0 Å². The molecule has 5 heteroatoms. The average molecular weight is 338 g/mol. The van der Waals surface area contributed by atoms with Crippen LogP contribution in [0.4, 0.5) is 0 Å². The van der Waals surface area contributed by atoms with Crippen molar-refractivity contribution in [2.24, 2.45) is 11.7 Å². The molecule has 0 saturated carbocycles. The van der Waals surface area contributed by atoms with Crippen molar-refractivity contribution in [3.63, 3.8) is 0 Å². The summed E-state index contributed by atoms with van der Waals surface area (Å²) in [5, 5.41) is 0. The number of nitrogens with two attached hydrogens (primary N) is 1. The first kappa shape index (κ1) is 13.8. The molecule has 1 aromatic heterocycles. The molecule has 0 unspecified atom stereocenters. The smallest absolute Gasteiger partial charge is 0.107 e. The molecule has 17 heavy (non-hydrogen) atoms. The van der Waals surface area contributed by atoms with Crippen molar-refractivity contribution in [3.8, 4) is 0 Å². The number of hydrogen-bond acceptors (Lipinski definition) is 3. The Bertz CT molecular complexity index is 342. The summed E-state index contributed by atoms with van der Waals surface area (Å²) in [5.74, 6) is 0.843. The molecular weight excluding hydrogens is 320 g/mol. The van der Waals surface area contributed by atoms with Gasteiger partial charge in [0.15, 0.2) is 0 Å². The highest BCUT2D eigenvalue weighted by molar-refractivity contribution is 9.10. The zero-order valence-corrected chi connectivity index (χ0v) is 13.0. The van der Waals surface area contributed by atoms with Crippen LogP contribution in [0.1, 0.15) is 24.1 Å². The van der Waals surface area contributed by atoms with Crippen LogP contribution in [0.3, 0.4) is 0 Å². The molecule has 0 bridgehead atoms. The normalized spacial score (nSPS) is 18.8. The van der Waals surface area contributed by atoms with Gasteiger partial charge in [0.2, 0.25) is 0 Å². The van der Waals surface area contributed by atoms with Crippen molar-refractivity contribution < 1.29 is 0 Å². The Balaban J connectivity index is 1.81. The van der Waals surface area contributed by atoms with Gasteiger partial charge in [0, 0.05) is 15.9 Å². The Kier molecular flexibility index (Phi) is 5.30. The molecule has 0 amide bonds. The number of halogens is 2. The third kappa shape index (κ3) is 3.93. The molecule has 1 saturated heterocycles. The SMILES string of the molecule is NCCC1CCN(Cc2cc(Br)c(Cl)s2)CC1. The van der Waals surface area contributed by atoms with E-state index in [0.29, 0.717) is 0 Å². The van der Waals surface area contributed by atoms with Gasteiger partial charge in [-0.1, -0.05) is 11.6 Å². The van der Waals surface area contributed by atoms with Gasteiger partial charge in [-0.2, -0.15) is 0 Å². The van der Waals surface area contributed by atoms with Crippen molar-refractivity contribution in [1.82, 2.24) is 4.90 Å². The molecule has 2 heterocycles. The molecule has 0 aromatic carbocycles. The Morgan fingerprint density at radius 2 is 2.18 bits per heavy atom. The second kappa shape index (κ2) is 6.53. The number of likely N-dealkylation sites (tertiary alicyclic amines) is 1. The molecule has 2 nitrogen and oxygen atoms in total. The number of rotatable bonds is 4. The van der Waals surface area contributed by atoms with E-state index in [9.17, 15) is 0 Å².